The van der Waals surface area contributed by atoms with Crippen LogP contribution in [0.3, 0.4) is 0 Å². The van der Waals surface area contributed by atoms with Crippen molar-refractivity contribution in [2.24, 2.45) is 5.84 Å². The summed E-state index contributed by atoms with van der Waals surface area (Å²) in [5.41, 5.74) is 7.30. The summed E-state index contributed by atoms with van der Waals surface area (Å²) in [6.07, 6.45) is 6.27. The Labute approximate surface area is 221 Å². The summed E-state index contributed by atoms with van der Waals surface area (Å²) in [5.74, 6) is 4.76. The fourth-order valence-corrected chi connectivity index (χ4v) is 4.67. The van der Waals surface area contributed by atoms with Gasteiger partial charge in [-0.15, -0.1) is 0 Å². The lowest BCUT2D eigenvalue weighted by Crippen LogP contribution is -2.36. The number of hydrogen-bond acceptors (Lipinski definition) is 10. The molecule has 10 heteroatoms. The topological polar surface area (TPSA) is 153 Å². The van der Waals surface area contributed by atoms with Crippen molar-refractivity contribution >= 4 is 5.78 Å². The van der Waals surface area contributed by atoms with Gasteiger partial charge in [-0.3, -0.25) is 10.6 Å². The largest absolute Gasteiger partial charge is 0.507 e. The van der Waals surface area contributed by atoms with Crippen molar-refractivity contribution in [3.05, 3.63) is 81.0 Å². The molecule has 204 valence electrons. The van der Waals surface area contributed by atoms with Gasteiger partial charge in [0.15, 0.2) is 5.75 Å². The summed E-state index contributed by atoms with van der Waals surface area (Å²) in [5, 5.41) is 38.6. The van der Waals surface area contributed by atoms with Crippen molar-refractivity contribution in [1.82, 2.24) is 5.43 Å². The highest BCUT2D eigenvalue weighted by atomic mass is 17.6. The van der Waals surface area contributed by atoms with Crippen molar-refractivity contribution in [3.63, 3.8) is 0 Å². The first-order valence-electron chi connectivity index (χ1n) is 12.0. The van der Waals surface area contributed by atoms with E-state index in [4.69, 9.17) is 20.7 Å². The number of ether oxygens (including phenoxy) is 1. The first-order valence-corrected chi connectivity index (χ1v) is 12.0. The number of aromatic hydroxyl groups is 2. The van der Waals surface area contributed by atoms with E-state index in [1.807, 2.05) is 39.8 Å². The third-order valence-corrected chi connectivity index (χ3v) is 6.39. The molecule has 0 bridgehead atoms. The quantitative estimate of drug-likeness (QED) is 0.119. The van der Waals surface area contributed by atoms with Crippen molar-refractivity contribution in [3.8, 4) is 23.0 Å². The van der Waals surface area contributed by atoms with Crippen molar-refractivity contribution in [2.45, 2.75) is 53.5 Å². The third-order valence-electron chi connectivity index (χ3n) is 6.39. The minimum atomic E-state index is -0.814. The fraction of sp³-hybridized carbons (Fsp3) is 0.321. The number of ketones is 1. The van der Waals surface area contributed by atoms with Crippen LogP contribution >= 0.6 is 0 Å². The molecule has 0 aromatic heterocycles. The monoisotopic (exact) mass is 526 g/mol. The summed E-state index contributed by atoms with van der Waals surface area (Å²) in [7, 11) is 0. The molecule has 6 N–H and O–H groups in total. The smallest absolute Gasteiger partial charge is 0.214 e. The predicted molar refractivity (Wildman–Crippen MR) is 141 cm³/mol. The molecule has 1 atom stereocenters. The number of rotatable bonds is 11. The normalized spacial score (nSPS) is 13.9. The maximum Gasteiger partial charge on any atom is 0.214 e. The molecular formula is C28H34N2O8. The van der Waals surface area contributed by atoms with Crippen LogP contribution in [0, 0.1) is 6.92 Å². The highest BCUT2D eigenvalue weighted by Gasteiger charge is 2.41. The Morgan fingerprint density at radius 1 is 1.08 bits per heavy atom. The first-order chi connectivity index (χ1) is 18.1. The second-order valence-electron chi connectivity index (χ2n) is 9.46. The molecule has 3 rings (SSSR count). The Morgan fingerprint density at radius 3 is 2.24 bits per heavy atom. The van der Waals surface area contributed by atoms with Crippen LogP contribution in [-0.2, 0) is 22.9 Å². The second kappa shape index (κ2) is 12.2. The van der Waals surface area contributed by atoms with Crippen molar-refractivity contribution in [2.75, 3.05) is 6.61 Å². The number of carbonyl (C=O) groups is 1. The van der Waals surface area contributed by atoms with E-state index in [2.05, 4.69) is 22.1 Å². The molecule has 1 aliphatic rings. The Hall–Kier alpha value is -3.67. The third kappa shape index (κ3) is 5.45. The van der Waals surface area contributed by atoms with Crippen LogP contribution < -0.4 is 20.9 Å². The SMILES string of the molecule is C=CCOc1cc(O)c2c(c1CC=C(C)C)[C@@H](NN)c1c(CC=C(C)C)c(C)c(OOOO)c(O)c1C2=O. The minimum absolute atomic E-state index is 0.0267. The molecule has 0 amide bonds. The number of allylic oxidation sites excluding steroid dienone is 4. The molecule has 10 nitrogen and oxygen atoms in total. The highest BCUT2D eigenvalue weighted by molar-refractivity contribution is 6.17. The van der Waals surface area contributed by atoms with E-state index in [9.17, 15) is 15.0 Å². The predicted octanol–water partition coefficient (Wildman–Crippen LogP) is 4.80. The molecule has 0 saturated heterocycles. The molecule has 0 saturated carbocycles. The number of hydrazine groups is 1. The first kappa shape index (κ1) is 28.9. The number of carbonyl (C=O) groups excluding carboxylic acids is 1. The average molecular weight is 527 g/mol. The molecule has 2 aromatic rings. The molecule has 1 aliphatic carbocycles. The highest BCUT2D eigenvalue weighted by Crippen LogP contribution is 2.51. The zero-order valence-corrected chi connectivity index (χ0v) is 22.2. The van der Waals surface area contributed by atoms with Crippen LogP contribution in [0.25, 0.3) is 0 Å². The van der Waals surface area contributed by atoms with E-state index in [0.717, 1.165) is 11.1 Å². The van der Waals surface area contributed by atoms with E-state index in [1.54, 1.807) is 13.0 Å². The van der Waals surface area contributed by atoms with Crippen LogP contribution in [0.4, 0.5) is 0 Å². The van der Waals surface area contributed by atoms with E-state index in [-0.39, 0.29) is 29.2 Å². The Bertz CT molecular complexity index is 1310. The number of nitrogens with one attached hydrogen (secondary N) is 1. The van der Waals surface area contributed by atoms with Crippen LogP contribution in [0.1, 0.15) is 77.5 Å². The molecule has 0 aliphatic heterocycles. The van der Waals surface area contributed by atoms with Crippen LogP contribution in [0.15, 0.2) is 42.0 Å². The molecule has 0 unspecified atom stereocenters. The number of phenolic OH excluding ortho intramolecular Hbond substituents is 2. The van der Waals surface area contributed by atoms with Gasteiger partial charge >= 0.3 is 0 Å². The van der Waals surface area contributed by atoms with Gasteiger partial charge < -0.3 is 19.8 Å². The van der Waals surface area contributed by atoms with E-state index in [1.165, 1.54) is 6.07 Å². The summed E-state index contributed by atoms with van der Waals surface area (Å²) in [6.45, 7) is 13.3. The van der Waals surface area contributed by atoms with Gasteiger partial charge in [-0.05, 0) is 69.2 Å². The molecule has 2 aromatic carbocycles. The summed E-state index contributed by atoms with van der Waals surface area (Å²) < 4.78 is 5.88. The van der Waals surface area contributed by atoms with Gasteiger partial charge in [-0.25, -0.2) is 10.7 Å². The van der Waals surface area contributed by atoms with Gasteiger partial charge in [0.2, 0.25) is 11.5 Å². The van der Waals surface area contributed by atoms with Crippen molar-refractivity contribution in [1.29, 1.82) is 0 Å². The zero-order valence-electron chi connectivity index (χ0n) is 22.2. The summed E-state index contributed by atoms with van der Waals surface area (Å²) in [4.78, 5) is 19.0. The molecule has 0 fully saturated rings. The standard InChI is InChI=1S/C28H34N2O8/c1-7-12-35-20-13-19(31)23-22(18(20)11-9-15(4)5)25(30-29)21-17(10-8-14(2)3)16(6)28(36-38-37-34)27(33)24(21)26(23)32/h7-9,13,25,30-31,33-34H,1,10-12,29H2,2-6H3/t25-/m0/s1. The molecule has 0 heterocycles. The van der Waals surface area contributed by atoms with Gasteiger partial charge in [-0.2, -0.15) is 0 Å². The van der Waals surface area contributed by atoms with Crippen LogP contribution in [0.5, 0.6) is 23.0 Å². The van der Waals surface area contributed by atoms with Gasteiger partial charge in [0.1, 0.15) is 18.1 Å². The van der Waals surface area contributed by atoms with Gasteiger partial charge in [0, 0.05) is 22.2 Å². The Kier molecular flexibility index (Phi) is 9.31. The van der Waals surface area contributed by atoms with Crippen LogP contribution in [-0.4, -0.2) is 27.9 Å². The number of fused-ring (bicyclic) bond motifs is 2. The number of hydrogen-bond donors (Lipinski definition) is 5. The summed E-state index contributed by atoms with van der Waals surface area (Å²) >= 11 is 0. The molecule has 38 heavy (non-hydrogen) atoms. The lowest BCUT2D eigenvalue weighted by atomic mass is 9.74. The summed E-state index contributed by atoms with van der Waals surface area (Å²) in [6, 6.07) is 0.563. The maximum atomic E-state index is 14.0. The number of phenols is 2. The molecular weight excluding hydrogens is 492 g/mol. The Morgan fingerprint density at radius 2 is 1.68 bits per heavy atom. The second-order valence-corrected chi connectivity index (χ2v) is 9.46. The van der Waals surface area contributed by atoms with Gasteiger partial charge in [0.25, 0.3) is 0 Å². The lowest BCUT2D eigenvalue weighted by Gasteiger charge is -2.33. The zero-order chi connectivity index (χ0) is 28.1. The number of nitrogens with two attached hydrogens (primary N) is 1. The van der Waals surface area contributed by atoms with E-state index in [0.29, 0.717) is 46.4 Å². The van der Waals surface area contributed by atoms with E-state index >= 15 is 0 Å². The van der Waals surface area contributed by atoms with Crippen LogP contribution in [0.2, 0.25) is 0 Å². The van der Waals surface area contributed by atoms with Gasteiger partial charge in [-0.1, -0.05) is 36.0 Å². The fourth-order valence-electron chi connectivity index (χ4n) is 4.67. The minimum Gasteiger partial charge on any atom is -0.507 e. The maximum absolute atomic E-state index is 14.0. The average Bonchev–Trinajstić information content (AvgIpc) is 2.86. The lowest BCUT2D eigenvalue weighted by molar-refractivity contribution is -0.594. The molecule has 0 radical (unpaired) electrons. The van der Waals surface area contributed by atoms with E-state index < -0.39 is 17.6 Å². The Balaban J connectivity index is 2.45. The van der Waals surface area contributed by atoms with Gasteiger partial charge in [0.05, 0.1) is 17.2 Å². The van der Waals surface area contributed by atoms with Crippen molar-refractivity contribution < 1.29 is 40.0 Å². The molecule has 0 spiro atoms. The number of benzene rings is 2.